The number of benzene rings is 2. The van der Waals surface area contributed by atoms with Crippen LogP contribution in [-0.4, -0.2) is 31.1 Å². The first-order valence-corrected chi connectivity index (χ1v) is 12.2. The highest BCUT2D eigenvalue weighted by molar-refractivity contribution is 7.17. The van der Waals surface area contributed by atoms with Gasteiger partial charge in [0, 0.05) is 11.0 Å². The van der Waals surface area contributed by atoms with Crippen LogP contribution in [0.15, 0.2) is 48.5 Å². The number of carbonyl (C=O) groups excluding carboxylic acids is 3. The number of rotatable bonds is 7. The van der Waals surface area contributed by atoms with Gasteiger partial charge in [0.15, 0.2) is 6.61 Å². The van der Waals surface area contributed by atoms with Crippen molar-refractivity contribution < 1.29 is 23.9 Å². The summed E-state index contributed by atoms with van der Waals surface area (Å²) >= 11 is 1.40. The second-order valence-electron chi connectivity index (χ2n) is 8.33. The molecule has 0 saturated heterocycles. The third-order valence-electron chi connectivity index (χ3n) is 5.81. The van der Waals surface area contributed by atoms with Gasteiger partial charge in [0.25, 0.3) is 5.91 Å². The Morgan fingerprint density at radius 2 is 1.91 bits per heavy atom. The molecule has 4 rings (SSSR count). The van der Waals surface area contributed by atoms with Crippen LogP contribution in [-0.2, 0) is 31.9 Å². The largest absolute Gasteiger partial charge is 0.462 e. The van der Waals surface area contributed by atoms with E-state index in [1.807, 2.05) is 42.5 Å². The summed E-state index contributed by atoms with van der Waals surface area (Å²) in [6, 6.07) is 13.7. The lowest BCUT2D eigenvalue weighted by Crippen LogP contribution is -2.21. The summed E-state index contributed by atoms with van der Waals surface area (Å²) < 4.78 is 10.4. The van der Waals surface area contributed by atoms with E-state index in [1.165, 1.54) is 17.4 Å². The SMILES string of the molecule is CCOC(=O)c1c(NC(=O)COC(=O)C=Cc2cccc3ccccc23)sc2c1CCC(C)C2. The summed E-state index contributed by atoms with van der Waals surface area (Å²) in [7, 11) is 0. The van der Waals surface area contributed by atoms with Gasteiger partial charge in [-0.05, 0) is 60.1 Å². The lowest BCUT2D eigenvalue weighted by Gasteiger charge is -2.18. The zero-order chi connectivity index (χ0) is 24.1. The first kappa shape index (κ1) is 23.7. The fourth-order valence-electron chi connectivity index (χ4n) is 4.16. The molecule has 0 fully saturated rings. The fourth-order valence-corrected chi connectivity index (χ4v) is 5.57. The number of nitrogens with one attached hydrogen (secondary N) is 1. The first-order chi connectivity index (χ1) is 16.5. The molecule has 3 aromatic rings. The van der Waals surface area contributed by atoms with Crippen molar-refractivity contribution >= 4 is 51.0 Å². The van der Waals surface area contributed by atoms with Crippen LogP contribution in [0.25, 0.3) is 16.8 Å². The number of fused-ring (bicyclic) bond motifs is 2. The van der Waals surface area contributed by atoms with Crippen LogP contribution in [0, 0.1) is 5.92 Å². The lowest BCUT2D eigenvalue weighted by atomic mass is 9.88. The van der Waals surface area contributed by atoms with Gasteiger partial charge in [0.05, 0.1) is 12.2 Å². The Labute approximate surface area is 202 Å². The molecule has 0 radical (unpaired) electrons. The molecule has 176 valence electrons. The molecule has 7 heteroatoms. The number of thiophene rings is 1. The zero-order valence-corrected chi connectivity index (χ0v) is 20.1. The van der Waals surface area contributed by atoms with Crippen LogP contribution >= 0.6 is 11.3 Å². The van der Waals surface area contributed by atoms with Gasteiger partial charge in [-0.15, -0.1) is 11.3 Å². The normalized spacial score (nSPS) is 15.2. The van der Waals surface area contributed by atoms with Crippen molar-refractivity contribution in [3.05, 3.63) is 70.1 Å². The average molecular weight is 478 g/mol. The molecule has 0 saturated carbocycles. The van der Waals surface area contributed by atoms with Gasteiger partial charge >= 0.3 is 11.9 Å². The molecule has 1 atom stereocenters. The molecule has 34 heavy (non-hydrogen) atoms. The van der Waals surface area contributed by atoms with Gasteiger partial charge in [0.2, 0.25) is 0 Å². The average Bonchev–Trinajstić information content (AvgIpc) is 3.18. The Hall–Kier alpha value is -3.45. The number of anilines is 1. The van der Waals surface area contributed by atoms with Crippen molar-refractivity contribution in [3.8, 4) is 0 Å². The highest BCUT2D eigenvalue weighted by Gasteiger charge is 2.29. The van der Waals surface area contributed by atoms with E-state index in [4.69, 9.17) is 9.47 Å². The van der Waals surface area contributed by atoms with E-state index < -0.39 is 24.5 Å². The number of hydrogen-bond acceptors (Lipinski definition) is 6. The molecule has 0 bridgehead atoms. The van der Waals surface area contributed by atoms with Crippen LogP contribution in [0.3, 0.4) is 0 Å². The molecule has 0 spiro atoms. The van der Waals surface area contributed by atoms with Gasteiger partial charge in [-0.1, -0.05) is 49.4 Å². The Bertz CT molecular complexity index is 1250. The monoisotopic (exact) mass is 477 g/mol. The molecule has 2 aromatic carbocycles. The summed E-state index contributed by atoms with van der Waals surface area (Å²) in [5.41, 5.74) is 2.29. The van der Waals surface area contributed by atoms with E-state index in [9.17, 15) is 14.4 Å². The first-order valence-electron chi connectivity index (χ1n) is 11.4. The second kappa shape index (κ2) is 10.7. The molecule has 6 nitrogen and oxygen atoms in total. The summed E-state index contributed by atoms with van der Waals surface area (Å²) in [4.78, 5) is 38.4. The van der Waals surface area contributed by atoms with Crippen LogP contribution < -0.4 is 5.32 Å². The lowest BCUT2D eigenvalue weighted by molar-refractivity contribution is -0.142. The van der Waals surface area contributed by atoms with E-state index in [0.29, 0.717) is 16.5 Å². The smallest absolute Gasteiger partial charge is 0.341 e. The molecular formula is C27H27NO5S. The summed E-state index contributed by atoms with van der Waals surface area (Å²) in [6.45, 7) is 3.74. The maximum absolute atomic E-state index is 12.6. The predicted octanol–water partition coefficient (Wildman–Crippen LogP) is 5.40. The molecule has 1 aromatic heterocycles. The number of carbonyl (C=O) groups is 3. The van der Waals surface area contributed by atoms with Crippen molar-refractivity contribution in [1.29, 1.82) is 0 Å². The number of hydrogen-bond donors (Lipinski definition) is 1. The molecule has 0 aliphatic heterocycles. The minimum atomic E-state index is -0.618. The molecule has 1 unspecified atom stereocenters. The van der Waals surface area contributed by atoms with Crippen molar-refractivity contribution in [3.63, 3.8) is 0 Å². The molecule has 1 heterocycles. The minimum Gasteiger partial charge on any atom is -0.462 e. The summed E-state index contributed by atoms with van der Waals surface area (Å²) in [5.74, 6) is -1.02. The van der Waals surface area contributed by atoms with E-state index in [1.54, 1.807) is 13.0 Å². The molecule has 1 N–H and O–H groups in total. The minimum absolute atomic E-state index is 0.258. The Kier molecular flexibility index (Phi) is 7.43. The van der Waals surface area contributed by atoms with Crippen molar-refractivity contribution in [2.75, 3.05) is 18.5 Å². The van der Waals surface area contributed by atoms with E-state index in [-0.39, 0.29) is 6.61 Å². The predicted molar refractivity (Wildman–Crippen MR) is 134 cm³/mol. The van der Waals surface area contributed by atoms with Crippen LogP contribution in [0.5, 0.6) is 0 Å². The van der Waals surface area contributed by atoms with Gasteiger partial charge in [-0.2, -0.15) is 0 Å². The van der Waals surface area contributed by atoms with Crippen LogP contribution in [0.1, 0.15) is 46.6 Å². The standard InChI is InChI=1S/C27H27NO5S/c1-3-32-27(31)25-21-13-11-17(2)15-22(21)34-26(25)28-23(29)16-33-24(30)14-12-19-9-6-8-18-7-4-5-10-20(18)19/h4-10,12,14,17H,3,11,13,15-16H2,1-2H3,(H,28,29). The number of ether oxygens (including phenoxy) is 2. The van der Waals surface area contributed by atoms with Crippen molar-refractivity contribution in [2.45, 2.75) is 33.1 Å². The van der Waals surface area contributed by atoms with Crippen LogP contribution in [0.2, 0.25) is 0 Å². The zero-order valence-electron chi connectivity index (χ0n) is 19.3. The van der Waals surface area contributed by atoms with Crippen molar-refractivity contribution in [2.24, 2.45) is 5.92 Å². The van der Waals surface area contributed by atoms with Crippen LogP contribution in [0.4, 0.5) is 5.00 Å². The van der Waals surface area contributed by atoms with Gasteiger partial charge in [0.1, 0.15) is 5.00 Å². The highest BCUT2D eigenvalue weighted by Crippen LogP contribution is 2.40. The second-order valence-corrected chi connectivity index (χ2v) is 9.44. The molecule has 1 aliphatic carbocycles. The third-order valence-corrected chi connectivity index (χ3v) is 6.98. The van der Waals surface area contributed by atoms with Gasteiger partial charge in [-0.3, -0.25) is 4.79 Å². The topological polar surface area (TPSA) is 81.7 Å². The van der Waals surface area contributed by atoms with Gasteiger partial charge < -0.3 is 14.8 Å². The Balaban J connectivity index is 1.40. The van der Waals surface area contributed by atoms with Crippen molar-refractivity contribution in [1.82, 2.24) is 0 Å². The molecule has 1 amide bonds. The molecular weight excluding hydrogens is 450 g/mol. The Morgan fingerprint density at radius 3 is 2.74 bits per heavy atom. The van der Waals surface area contributed by atoms with E-state index in [0.717, 1.165) is 46.0 Å². The van der Waals surface area contributed by atoms with E-state index in [2.05, 4.69) is 12.2 Å². The maximum atomic E-state index is 12.6. The number of amides is 1. The summed E-state index contributed by atoms with van der Waals surface area (Å²) in [5, 5.41) is 5.31. The Morgan fingerprint density at radius 1 is 1.12 bits per heavy atom. The fraction of sp³-hybridized carbons (Fsp3) is 0.296. The molecule has 1 aliphatic rings. The summed E-state index contributed by atoms with van der Waals surface area (Å²) in [6.07, 6.45) is 5.63. The van der Waals surface area contributed by atoms with Gasteiger partial charge in [-0.25, -0.2) is 9.59 Å². The maximum Gasteiger partial charge on any atom is 0.341 e. The van der Waals surface area contributed by atoms with E-state index >= 15 is 0 Å². The number of esters is 2. The quantitative estimate of drug-likeness (QED) is 0.364. The highest BCUT2D eigenvalue weighted by atomic mass is 32.1. The third kappa shape index (κ3) is 5.37.